The van der Waals surface area contributed by atoms with E-state index in [4.69, 9.17) is 10.2 Å². The summed E-state index contributed by atoms with van der Waals surface area (Å²) in [6.45, 7) is 4.25. The van der Waals surface area contributed by atoms with Gasteiger partial charge in [0.1, 0.15) is 11.6 Å². The SMILES string of the molecule is CCCCn1c(N)c(N(C)C(=O)c2ccc(CC)o2)c(=O)[nH]c1=O. The monoisotopic (exact) mass is 334 g/mol. The number of anilines is 2. The average molecular weight is 334 g/mol. The van der Waals surface area contributed by atoms with Gasteiger partial charge in [-0.3, -0.25) is 19.1 Å². The summed E-state index contributed by atoms with van der Waals surface area (Å²) < 4.78 is 6.69. The number of aromatic amines is 1. The number of aryl methyl sites for hydroxylation is 1. The lowest BCUT2D eigenvalue weighted by atomic mass is 10.3. The van der Waals surface area contributed by atoms with Crippen molar-refractivity contribution in [3.63, 3.8) is 0 Å². The zero-order valence-corrected chi connectivity index (χ0v) is 14.1. The van der Waals surface area contributed by atoms with Crippen LogP contribution in [0.15, 0.2) is 26.1 Å². The van der Waals surface area contributed by atoms with E-state index in [1.807, 2.05) is 13.8 Å². The van der Waals surface area contributed by atoms with E-state index in [9.17, 15) is 14.4 Å². The van der Waals surface area contributed by atoms with Crippen molar-refractivity contribution in [2.24, 2.45) is 0 Å². The third kappa shape index (κ3) is 3.27. The molecule has 24 heavy (non-hydrogen) atoms. The summed E-state index contributed by atoms with van der Waals surface area (Å²) >= 11 is 0. The number of rotatable bonds is 6. The topological polar surface area (TPSA) is 114 Å². The van der Waals surface area contributed by atoms with Gasteiger partial charge in [-0.25, -0.2) is 4.79 Å². The van der Waals surface area contributed by atoms with Crippen LogP contribution in [0.25, 0.3) is 0 Å². The van der Waals surface area contributed by atoms with E-state index in [0.29, 0.717) is 18.7 Å². The van der Waals surface area contributed by atoms with Crippen molar-refractivity contribution >= 4 is 17.4 Å². The third-order valence-electron chi connectivity index (χ3n) is 3.81. The van der Waals surface area contributed by atoms with Crippen molar-refractivity contribution in [1.29, 1.82) is 0 Å². The number of nitrogen functional groups attached to an aromatic ring is 1. The lowest BCUT2D eigenvalue weighted by molar-refractivity contribution is 0.0964. The molecule has 2 aromatic rings. The smallest absolute Gasteiger partial charge is 0.330 e. The third-order valence-corrected chi connectivity index (χ3v) is 3.81. The molecule has 0 saturated carbocycles. The van der Waals surface area contributed by atoms with Gasteiger partial charge in [0.05, 0.1) is 0 Å². The lowest BCUT2D eigenvalue weighted by Gasteiger charge is -2.19. The van der Waals surface area contributed by atoms with Gasteiger partial charge in [-0.2, -0.15) is 0 Å². The predicted octanol–water partition coefficient (Wildman–Crippen LogP) is 1.35. The summed E-state index contributed by atoms with van der Waals surface area (Å²) in [4.78, 5) is 39.9. The summed E-state index contributed by atoms with van der Waals surface area (Å²) in [6, 6.07) is 3.26. The Bertz CT molecular complexity index is 846. The van der Waals surface area contributed by atoms with Gasteiger partial charge in [0.15, 0.2) is 11.4 Å². The molecule has 130 valence electrons. The second-order valence-electron chi connectivity index (χ2n) is 5.48. The van der Waals surface area contributed by atoms with E-state index in [-0.39, 0.29) is 17.3 Å². The highest BCUT2D eigenvalue weighted by atomic mass is 16.4. The first-order valence-corrected chi connectivity index (χ1v) is 7.90. The van der Waals surface area contributed by atoms with Crippen LogP contribution in [-0.4, -0.2) is 22.5 Å². The quantitative estimate of drug-likeness (QED) is 0.827. The maximum atomic E-state index is 12.5. The number of hydrogen-bond acceptors (Lipinski definition) is 5. The fraction of sp³-hybridized carbons (Fsp3) is 0.438. The Kier molecular flexibility index (Phi) is 5.28. The van der Waals surface area contributed by atoms with E-state index in [1.54, 1.807) is 12.1 Å². The highest BCUT2D eigenvalue weighted by Crippen LogP contribution is 2.19. The van der Waals surface area contributed by atoms with E-state index < -0.39 is 17.2 Å². The van der Waals surface area contributed by atoms with E-state index >= 15 is 0 Å². The largest absolute Gasteiger partial charge is 0.456 e. The summed E-state index contributed by atoms with van der Waals surface area (Å²) in [5, 5.41) is 0. The maximum absolute atomic E-state index is 12.5. The molecule has 0 unspecified atom stereocenters. The van der Waals surface area contributed by atoms with Crippen LogP contribution in [0.2, 0.25) is 0 Å². The standard InChI is InChI=1S/C16H22N4O4/c1-4-6-9-20-13(17)12(14(21)18-16(20)23)19(3)15(22)11-8-7-10(5-2)24-11/h7-8H,4-6,9,17H2,1-3H3,(H,18,21,23). The van der Waals surface area contributed by atoms with Gasteiger partial charge in [0, 0.05) is 20.0 Å². The molecule has 0 aliphatic carbocycles. The van der Waals surface area contributed by atoms with E-state index in [0.717, 1.165) is 17.7 Å². The number of H-pyrrole nitrogens is 1. The Labute approximate surface area is 138 Å². The molecule has 8 nitrogen and oxygen atoms in total. The first-order valence-electron chi connectivity index (χ1n) is 7.90. The number of nitrogens with one attached hydrogen (secondary N) is 1. The Hall–Kier alpha value is -2.77. The molecule has 0 atom stereocenters. The van der Waals surface area contributed by atoms with Crippen molar-refractivity contribution in [3.8, 4) is 0 Å². The fourth-order valence-electron chi connectivity index (χ4n) is 2.39. The first-order chi connectivity index (χ1) is 11.4. The molecular weight excluding hydrogens is 312 g/mol. The fourth-order valence-corrected chi connectivity index (χ4v) is 2.39. The number of unbranched alkanes of at least 4 members (excludes halogenated alkanes) is 1. The van der Waals surface area contributed by atoms with Crippen LogP contribution in [0.3, 0.4) is 0 Å². The summed E-state index contributed by atoms with van der Waals surface area (Å²) in [6.07, 6.45) is 2.24. The van der Waals surface area contributed by atoms with E-state index in [1.165, 1.54) is 11.6 Å². The Morgan fingerprint density at radius 3 is 2.62 bits per heavy atom. The Morgan fingerprint density at radius 2 is 2.04 bits per heavy atom. The molecule has 0 aromatic carbocycles. The van der Waals surface area contributed by atoms with Crippen molar-refractivity contribution in [2.75, 3.05) is 17.7 Å². The van der Waals surface area contributed by atoms with Crippen LogP contribution in [-0.2, 0) is 13.0 Å². The summed E-state index contributed by atoms with van der Waals surface area (Å²) in [7, 11) is 1.42. The van der Waals surface area contributed by atoms with Gasteiger partial charge in [0.25, 0.3) is 11.5 Å². The molecule has 0 radical (unpaired) electrons. The molecule has 1 amide bonds. The van der Waals surface area contributed by atoms with Crippen LogP contribution in [0.4, 0.5) is 11.5 Å². The molecule has 8 heteroatoms. The lowest BCUT2D eigenvalue weighted by Crippen LogP contribution is -2.39. The maximum Gasteiger partial charge on any atom is 0.330 e. The summed E-state index contributed by atoms with van der Waals surface area (Å²) in [5.41, 5.74) is 4.64. The molecule has 0 spiro atoms. The second-order valence-corrected chi connectivity index (χ2v) is 5.48. The molecule has 2 heterocycles. The van der Waals surface area contributed by atoms with Crippen LogP contribution in [0.5, 0.6) is 0 Å². The van der Waals surface area contributed by atoms with E-state index in [2.05, 4.69) is 4.98 Å². The van der Waals surface area contributed by atoms with Gasteiger partial charge in [-0.15, -0.1) is 0 Å². The molecule has 0 aliphatic rings. The number of amides is 1. The van der Waals surface area contributed by atoms with Gasteiger partial charge < -0.3 is 15.1 Å². The summed E-state index contributed by atoms with van der Waals surface area (Å²) in [5.74, 6) is 0.240. The van der Waals surface area contributed by atoms with Crippen LogP contribution < -0.4 is 21.9 Å². The highest BCUT2D eigenvalue weighted by molar-refractivity contribution is 6.05. The normalized spacial score (nSPS) is 10.8. The molecule has 2 rings (SSSR count). The number of aromatic nitrogens is 2. The molecular formula is C16H22N4O4. The zero-order chi connectivity index (χ0) is 17.9. The van der Waals surface area contributed by atoms with Gasteiger partial charge in [-0.1, -0.05) is 20.3 Å². The minimum atomic E-state index is -0.705. The van der Waals surface area contributed by atoms with Crippen LogP contribution in [0, 0.1) is 0 Å². The molecule has 0 bridgehead atoms. The molecule has 3 N–H and O–H groups in total. The van der Waals surface area contributed by atoms with Crippen molar-refractivity contribution in [2.45, 2.75) is 39.7 Å². The van der Waals surface area contributed by atoms with Crippen molar-refractivity contribution in [1.82, 2.24) is 9.55 Å². The number of carbonyl (C=O) groups is 1. The first kappa shape index (κ1) is 17.6. The van der Waals surface area contributed by atoms with Crippen molar-refractivity contribution < 1.29 is 9.21 Å². The Morgan fingerprint density at radius 1 is 1.33 bits per heavy atom. The number of nitrogens with two attached hydrogens (primary N) is 1. The highest BCUT2D eigenvalue weighted by Gasteiger charge is 2.23. The number of carbonyl (C=O) groups excluding carboxylic acids is 1. The average Bonchev–Trinajstić information content (AvgIpc) is 3.02. The second kappa shape index (κ2) is 7.20. The van der Waals surface area contributed by atoms with Gasteiger partial charge in [-0.05, 0) is 18.6 Å². The van der Waals surface area contributed by atoms with Gasteiger partial charge in [0.2, 0.25) is 0 Å². The Balaban J connectivity index is 2.44. The number of nitrogens with zero attached hydrogens (tertiary/aromatic N) is 2. The molecule has 0 aliphatic heterocycles. The number of hydrogen-bond donors (Lipinski definition) is 2. The predicted molar refractivity (Wildman–Crippen MR) is 91.5 cm³/mol. The minimum Gasteiger partial charge on any atom is -0.456 e. The molecule has 2 aromatic heterocycles. The molecule has 0 fully saturated rings. The molecule has 0 saturated heterocycles. The minimum absolute atomic E-state index is 0.0321. The van der Waals surface area contributed by atoms with Crippen molar-refractivity contribution in [3.05, 3.63) is 44.5 Å². The van der Waals surface area contributed by atoms with Gasteiger partial charge >= 0.3 is 5.69 Å². The van der Waals surface area contributed by atoms with Crippen LogP contribution >= 0.6 is 0 Å². The van der Waals surface area contributed by atoms with Crippen LogP contribution in [0.1, 0.15) is 43.0 Å². The number of furan rings is 1. The zero-order valence-electron chi connectivity index (χ0n) is 14.1.